The Kier molecular flexibility index (Phi) is 6.64. The summed E-state index contributed by atoms with van der Waals surface area (Å²) in [5.74, 6) is -0.836. The van der Waals surface area contributed by atoms with Crippen LogP contribution in [-0.2, 0) is 4.79 Å². The van der Waals surface area contributed by atoms with E-state index in [1.165, 1.54) is 18.2 Å². The van der Waals surface area contributed by atoms with Crippen LogP contribution in [0.2, 0.25) is 0 Å². The lowest BCUT2D eigenvalue weighted by Gasteiger charge is -2.56. The molecule has 1 heterocycles. The lowest BCUT2D eigenvalue weighted by atomic mass is 9.74. The van der Waals surface area contributed by atoms with Crippen LogP contribution < -0.4 is 0 Å². The maximum atomic E-state index is 13.6. The second kappa shape index (κ2) is 9.18. The van der Waals surface area contributed by atoms with Gasteiger partial charge in [0.05, 0.1) is 18.7 Å². The Balaban J connectivity index is 1.88. The van der Waals surface area contributed by atoms with E-state index in [-0.39, 0.29) is 42.0 Å². The number of likely N-dealkylation sites (tertiary alicyclic amines) is 1. The fourth-order valence-corrected chi connectivity index (χ4v) is 4.21. The minimum Gasteiger partial charge on any atom is -0.394 e. The summed E-state index contributed by atoms with van der Waals surface area (Å²) in [5, 5.41) is 9.94. The maximum Gasteiger partial charge on any atom is 0.254 e. The van der Waals surface area contributed by atoms with E-state index in [4.69, 9.17) is 0 Å². The van der Waals surface area contributed by atoms with Crippen LogP contribution in [0.15, 0.2) is 54.6 Å². The number of aliphatic hydroxyl groups is 1. The summed E-state index contributed by atoms with van der Waals surface area (Å²) >= 11 is 0. The summed E-state index contributed by atoms with van der Waals surface area (Å²) in [4.78, 5) is 28.9. The highest BCUT2D eigenvalue weighted by atomic mass is 19.1. The highest BCUT2D eigenvalue weighted by molar-refractivity contribution is 5.94. The van der Waals surface area contributed by atoms with E-state index in [2.05, 4.69) is 0 Å². The zero-order valence-corrected chi connectivity index (χ0v) is 16.8. The lowest BCUT2D eigenvalue weighted by Crippen LogP contribution is -2.68. The predicted molar refractivity (Wildman–Crippen MR) is 109 cm³/mol. The normalized spacial score (nSPS) is 20.8. The van der Waals surface area contributed by atoms with Crippen molar-refractivity contribution in [1.29, 1.82) is 0 Å². The van der Waals surface area contributed by atoms with Crippen molar-refractivity contribution in [2.75, 3.05) is 19.7 Å². The molecule has 3 rings (SSSR count). The molecule has 0 radical (unpaired) electrons. The average Bonchev–Trinajstić information content (AvgIpc) is 2.73. The summed E-state index contributed by atoms with van der Waals surface area (Å²) < 4.78 is 13.6. The molecule has 1 saturated heterocycles. The minimum atomic E-state index is -0.458. The van der Waals surface area contributed by atoms with Crippen molar-refractivity contribution >= 4 is 11.8 Å². The van der Waals surface area contributed by atoms with Gasteiger partial charge in [-0.2, -0.15) is 0 Å². The predicted octanol–water partition coefficient (Wildman–Crippen LogP) is 3.05. The minimum absolute atomic E-state index is 0.0458. The third-order valence-electron chi connectivity index (χ3n) is 5.65. The van der Waals surface area contributed by atoms with Crippen molar-refractivity contribution in [3.8, 4) is 0 Å². The van der Waals surface area contributed by atoms with Crippen molar-refractivity contribution < 1.29 is 19.1 Å². The Morgan fingerprint density at radius 3 is 2.38 bits per heavy atom. The standard InChI is InChI=1S/C23H27FN2O3/c1-3-21(28)26-19(22(20(26)15-27)16-9-6-5-7-10-16)14-25(4-2)23(29)17-11-8-12-18(24)13-17/h5-13,19-20,22,27H,3-4,14-15H2,1-2H3/t19-,20+,22-/m0/s1. The smallest absolute Gasteiger partial charge is 0.254 e. The Bertz CT molecular complexity index is 858. The third kappa shape index (κ3) is 4.17. The van der Waals surface area contributed by atoms with Crippen LogP contribution in [0.1, 0.15) is 42.1 Å². The molecule has 154 valence electrons. The van der Waals surface area contributed by atoms with Gasteiger partial charge >= 0.3 is 0 Å². The van der Waals surface area contributed by atoms with E-state index >= 15 is 0 Å². The van der Waals surface area contributed by atoms with E-state index in [0.717, 1.165) is 5.56 Å². The number of rotatable bonds is 7. The molecule has 2 amide bonds. The molecule has 3 atom stereocenters. The second-order valence-corrected chi connectivity index (χ2v) is 7.26. The molecule has 2 aromatic carbocycles. The van der Waals surface area contributed by atoms with E-state index in [0.29, 0.717) is 19.5 Å². The first-order chi connectivity index (χ1) is 14.0. The van der Waals surface area contributed by atoms with Crippen LogP contribution in [0.3, 0.4) is 0 Å². The molecule has 1 fully saturated rings. The Morgan fingerprint density at radius 1 is 1.07 bits per heavy atom. The number of aliphatic hydroxyl groups excluding tert-OH is 1. The Hall–Kier alpha value is -2.73. The van der Waals surface area contributed by atoms with Crippen LogP contribution in [0.4, 0.5) is 4.39 Å². The number of likely N-dealkylation sites (N-methyl/N-ethyl adjacent to an activating group) is 1. The van der Waals surface area contributed by atoms with Gasteiger partial charge in [-0.05, 0) is 30.7 Å². The molecule has 0 aromatic heterocycles. The second-order valence-electron chi connectivity index (χ2n) is 7.26. The first-order valence-corrected chi connectivity index (χ1v) is 10.0. The molecule has 1 N–H and O–H groups in total. The summed E-state index contributed by atoms with van der Waals surface area (Å²) in [6, 6.07) is 14.8. The molecule has 0 spiro atoms. The first-order valence-electron chi connectivity index (χ1n) is 10.0. The summed E-state index contributed by atoms with van der Waals surface area (Å²) in [7, 11) is 0. The molecule has 29 heavy (non-hydrogen) atoms. The molecule has 6 heteroatoms. The highest BCUT2D eigenvalue weighted by Gasteiger charge is 2.51. The molecule has 1 aliphatic rings. The van der Waals surface area contributed by atoms with Gasteiger partial charge in [0.2, 0.25) is 5.91 Å². The van der Waals surface area contributed by atoms with Crippen molar-refractivity contribution in [1.82, 2.24) is 9.80 Å². The molecule has 0 bridgehead atoms. The molecule has 2 aromatic rings. The van der Waals surface area contributed by atoms with Gasteiger partial charge in [-0.1, -0.05) is 43.3 Å². The molecule has 0 unspecified atom stereocenters. The summed E-state index contributed by atoms with van der Waals surface area (Å²) in [6.45, 7) is 4.28. The van der Waals surface area contributed by atoms with Crippen LogP contribution in [0.5, 0.6) is 0 Å². The van der Waals surface area contributed by atoms with Gasteiger partial charge in [-0.3, -0.25) is 9.59 Å². The van der Waals surface area contributed by atoms with E-state index < -0.39 is 5.82 Å². The lowest BCUT2D eigenvalue weighted by molar-refractivity contribution is -0.151. The van der Waals surface area contributed by atoms with Crippen molar-refractivity contribution in [2.45, 2.75) is 38.3 Å². The van der Waals surface area contributed by atoms with Crippen molar-refractivity contribution in [3.05, 3.63) is 71.5 Å². The Morgan fingerprint density at radius 2 is 1.79 bits per heavy atom. The van der Waals surface area contributed by atoms with E-state index in [1.54, 1.807) is 22.8 Å². The molecular formula is C23H27FN2O3. The zero-order valence-electron chi connectivity index (χ0n) is 16.8. The fraction of sp³-hybridized carbons (Fsp3) is 0.391. The molecule has 0 saturated carbocycles. The maximum absolute atomic E-state index is 13.6. The van der Waals surface area contributed by atoms with Crippen LogP contribution >= 0.6 is 0 Å². The van der Waals surface area contributed by atoms with Crippen LogP contribution in [-0.4, -0.2) is 58.5 Å². The summed E-state index contributed by atoms with van der Waals surface area (Å²) in [5.41, 5.74) is 1.32. The molecular weight excluding hydrogens is 371 g/mol. The highest BCUT2D eigenvalue weighted by Crippen LogP contribution is 2.41. The quantitative estimate of drug-likeness (QED) is 0.780. The van der Waals surface area contributed by atoms with Crippen LogP contribution in [0.25, 0.3) is 0 Å². The van der Waals surface area contributed by atoms with E-state index in [1.807, 2.05) is 37.3 Å². The molecule has 5 nitrogen and oxygen atoms in total. The average molecular weight is 398 g/mol. The molecule has 0 aliphatic carbocycles. The number of carbonyl (C=O) groups is 2. The Labute approximate surface area is 170 Å². The number of hydrogen-bond acceptors (Lipinski definition) is 3. The topological polar surface area (TPSA) is 60.9 Å². The number of carbonyl (C=O) groups excluding carboxylic acids is 2. The van der Waals surface area contributed by atoms with Gasteiger partial charge in [0.15, 0.2) is 0 Å². The monoisotopic (exact) mass is 398 g/mol. The molecule has 1 aliphatic heterocycles. The number of hydrogen-bond donors (Lipinski definition) is 1. The fourth-order valence-electron chi connectivity index (χ4n) is 4.21. The number of halogens is 1. The first kappa shape index (κ1) is 21.0. The van der Waals surface area contributed by atoms with Crippen molar-refractivity contribution in [3.63, 3.8) is 0 Å². The van der Waals surface area contributed by atoms with Crippen molar-refractivity contribution in [2.24, 2.45) is 0 Å². The van der Waals surface area contributed by atoms with Gasteiger partial charge in [-0.25, -0.2) is 4.39 Å². The van der Waals surface area contributed by atoms with Gasteiger partial charge in [0.1, 0.15) is 5.82 Å². The zero-order chi connectivity index (χ0) is 21.0. The van der Waals surface area contributed by atoms with Gasteiger partial charge in [-0.15, -0.1) is 0 Å². The number of nitrogens with zero attached hydrogens (tertiary/aromatic N) is 2. The number of amides is 2. The largest absolute Gasteiger partial charge is 0.394 e. The third-order valence-corrected chi connectivity index (χ3v) is 5.65. The van der Waals surface area contributed by atoms with Gasteiger partial charge in [0.25, 0.3) is 5.91 Å². The van der Waals surface area contributed by atoms with Crippen LogP contribution in [0, 0.1) is 5.82 Å². The van der Waals surface area contributed by atoms with Gasteiger partial charge < -0.3 is 14.9 Å². The van der Waals surface area contributed by atoms with Gasteiger partial charge in [0, 0.05) is 31.0 Å². The number of benzene rings is 2. The summed E-state index contributed by atoms with van der Waals surface area (Å²) in [6.07, 6.45) is 0.332. The van der Waals surface area contributed by atoms with E-state index in [9.17, 15) is 19.1 Å². The SMILES string of the molecule is CCC(=O)N1[C@H](CO)[C@@H](c2ccccc2)[C@@H]1CN(CC)C(=O)c1cccc(F)c1.